The van der Waals surface area contributed by atoms with Gasteiger partial charge in [-0.1, -0.05) is 50.5 Å². The Balaban J connectivity index is 1.94. The number of hydrogen-bond acceptors (Lipinski definition) is 6. The predicted molar refractivity (Wildman–Crippen MR) is 152 cm³/mol. The van der Waals surface area contributed by atoms with Crippen LogP contribution >= 0.6 is 0 Å². The number of hydrogen-bond donors (Lipinski definition) is 1. The Morgan fingerprint density at radius 2 is 1.69 bits per heavy atom. The number of carbonyl (C=O) groups excluding carboxylic acids is 2. The van der Waals surface area contributed by atoms with Crippen LogP contribution in [0.5, 0.6) is 11.5 Å². The number of amides is 2. The van der Waals surface area contributed by atoms with Crippen molar-refractivity contribution in [2.75, 3.05) is 30.8 Å². The molecule has 0 saturated heterocycles. The van der Waals surface area contributed by atoms with Crippen molar-refractivity contribution < 1.29 is 27.5 Å². The minimum Gasteiger partial charge on any atom is -0.497 e. The third-order valence-corrected chi connectivity index (χ3v) is 8.09. The van der Waals surface area contributed by atoms with E-state index in [1.54, 1.807) is 50.4 Å². The Bertz CT molecular complexity index is 1200. The first-order chi connectivity index (χ1) is 18.7. The van der Waals surface area contributed by atoms with Crippen LogP contribution in [0.4, 0.5) is 5.69 Å². The lowest BCUT2D eigenvalue weighted by Crippen LogP contribution is -2.54. The third kappa shape index (κ3) is 8.36. The monoisotopic (exact) mass is 559 g/mol. The number of ether oxygens (including phenoxy) is 2. The molecule has 0 aliphatic heterocycles. The smallest absolute Gasteiger partial charge is 0.244 e. The van der Waals surface area contributed by atoms with E-state index in [4.69, 9.17) is 9.47 Å². The standard InChI is InChI=1S/C29H41N3O6S/c1-5-25(29(34)30-23-12-8-7-9-13-23)31(20-22-16-18-24(37-3)19-17-22)28(33)21-32(39(4,35)36)26-14-10-11-15-27(26)38-6-2/h10-11,14-19,23,25H,5-9,12-13,20-21H2,1-4H3,(H,30,34)/t25-/m1/s1. The van der Waals surface area contributed by atoms with Gasteiger partial charge >= 0.3 is 0 Å². The highest BCUT2D eigenvalue weighted by Crippen LogP contribution is 2.30. The van der Waals surface area contributed by atoms with Gasteiger partial charge < -0.3 is 19.7 Å². The molecule has 1 saturated carbocycles. The number of rotatable bonds is 13. The molecule has 0 unspecified atom stereocenters. The molecule has 1 aliphatic rings. The molecular formula is C29H41N3O6S. The average molecular weight is 560 g/mol. The van der Waals surface area contributed by atoms with Gasteiger partial charge in [0.25, 0.3) is 0 Å². The summed E-state index contributed by atoms with van der Waals surface area (Å²) >= 11 is 0. The molecule has 10 heteroatoms. The van der Waals surface area contributed by atoms with Crippen LogP contribution in [-0.4, -0.2) is 63.7 Å². The largest absolute Gasteiger partial charge is 0.497 e. The fourth-order valence-electron chi connectivity index (χ4n) is 4.93. The maximum absolute atomic E-state index is 13.9. The molecule has 214 valence electrons. The second-order valence-electron chi connectivity index (χ2n) is 9.81. The van der Waals surface area contributed by atoms with Gasteiger partial charge in [0.2, 0.25) is 21.8 Å². The van der Waals surface area contributed by atoms with Gasteiger partial charge in [-0.25, -0.2) is 8.42 Å². The average Bonchev–Trinajstić information content (AvgIpc) is 2.92. The summed E-state index contributed by atoms with van der Waals surface area (Å²) in [5, 5.41) is 3.15. The molecule has 3 rings (SSSR count). The maximum atomic E-state index is 13.9. The zero-order valence-corrected chi connectivity index (χ0v) is 24.2. The molecule has 2 aromatic carbocycles. The normalized spacial score (nSPS) is 14.8. The molecule has 2 amide bonds. The molecule has 0 radical (unpaired) electrons. The van der Waals surface area contributed by atoms with Crippen molar-refractivity contribution in [2.24, 2.45) is 0 Å². The van der Waals surface area contributed by atoms with E-state index < -0.39 is 28.5 Å². The van der Waals surface area contributed by atoms with Gasteiger partial charge in [0.1, 0.15) is 24.1 Å². The lowest BCUT2D eigenvalue weighted by molar-refractivity contribution is -0.140. The summed E-state index contributed by atoms with van der Waals surface area (Å²) in [4.78, 5) is 28.9. The Hall–Kier alpha value is -3.27. The summed E-state index contributed by atoms with van der Waals surface area (Å²) in [7, 11) is -2.28. The predicted octanol–water partition coefficient (Wildman–Crippen LogP) is 4.12. The van der Waals surface area contributed by atoms with E-state index in [1.807, 2.05) is 19.1 Å². The van der Waals surface area contributed by atoms with Crippen molar-refractivity contribution in [1.29, 1.82) is 0 Å². The molecule has 1 aliphatic carbocycles. The highest BCUT2D eigenvalue weighted by molar-refractivity contribution is 7.92. The highest BCUT2D eigenvalue weighted by Gasteiger charge is 2.33. The van der Waals surface area contributed by atoms with Crippen molar-refractivity contribution in [1.82, 2.24) is 10.2 Å². The first kappa shape index (κ1) is 30.3. The van der Waals surface area contributed by atoms with E-state index in [-0.39, 0.29) is 24.2 Å². The van der Waals surface area contributed by atoms with Crippen LogP contribution in [0.15, 0.2) is 48.5 Å². The summed E-state index contributed by atoms with van der Waals surface area (Å²) < 4.78 is 37.8. The van der Waals surface area contributed by atoms with Gasteiger partial charge in [-0.15, -0.1) is 0 Å². The SMILES string of the molecule is CCOc1ccccc1N(CC(=O)N(Cc1ccc(OC)cc1)[C@H](CC)C(=O)NC1CCCCC1)S(C)(=O)=O. The molecule has 9 nitrogen and oxygen atoms in total. The zero-order chi connectivity index (χ0) is 28.4. The maximum Gasteiger partial charge on any atom is 0.244 e. The van der Waals surface area contributed by atoms with Crippen molar-refractivity contribution in [3.05, 3.63) is 54.1 Å². The fraction of sp³-hybridized carbons (Fsp3) is 0.517. The van der Waals surface area contributed by atoms with Crippen LogP contribution in [0.2, 0.25) is 0 Å². The number of sulfonamides is 1. The summed E-state index contributed by atoms with van der Waals surface area (Å²) in [6.45, 7) is 3.68. The second-order valence-corrected chi connectivity index (χ2v) is 11.7. The lowest BCUT2D eigenvalue weighted by Gasteiger charge is -2.34. The van der Waals surface area contributed by atoms with Gasteiger partial charge in [-0.05, 0) is 56.0 Å². The Morgan fingerprint density at radius 3 is 2.28 bits per heavy atom. The van der Waals surface area contributed by atoms with Crippen LogP contribution < -0.4 is 19.1 Å². The van der Waals surface area contributed by atoms with Crippen molar-refractivity contribution >= 4 is 27.5 Å². The number of benzene rings is 2. The van der Waals surface area contributed by atoms with E-state index in [0.29, 0.717) is 24.5 Å². The number of carbonyl (C=O) groups is 2. The van der Waals surface area contributed by atoms with Crippen molar-refractivity contribution in [3.8, 4) is 11.5 Å². The molecule has 0 aromatic heterocycles. The molecule has 0 heterocycles. The van der Waals surface area contributed by atoms with E-state index in [0.717, 1.165) is 48.2 Å². The van der Waals surface area contributed by atoms with Gasteiger partial charge in [0, 0.05) is 12.6 Å². The first-order valence-electron chi connectivity index (χ1n) is 13.6. The molecule has 39 heavy (non-hydrogen) atoms. The summed E-state index contributed by atoms with van der Waals surface area (Å²) in [5.41, 5.74) is 1.08. The van der Waals surface area contributed by atoms with Crippen LogP contribution in [0.1, 0.15) is 57.9 Å². The number of nitrogens with zero attached hydrogens (tertiary/aromatic N) is 2. The Labute approximate surface area is 232 Å². The molecule has 2 aromatic rings. The fourth-order valence-corrected chi connectivity index (χ4v) is 5.78. The molecular weight excluding hydrogens is 518 g/mol. The van der Waals surface area contributed by atoms with E-state index in [9.17, 15) is 18.0 Å². The number of para-hydroxylation sites is 2. The van der Waals surface area contributed by atoms with Gasteiger partial charge in [-0.3, -0.25) is 13.9 Å². The number of anilines is 1. The first-order valence-corrected chi connectivity index (χ1v) is 15.4. The quantitative estimate of drug-likeness (QED) is 0.396. The van der Waals surface area contributed by atoms with Gasteiger partial charge in [0.05, 0.1) is 25.7 Å². The zero-order valence-electron chi connectivity index (χ0n) is 23.4. The Morgan fingerprint density at radius 1 is 1.03 bits per heavy atom. The van der Waals surface area contributed by atoms with Gasteiger partial charge in [0.15, 0.2) is 0 Å². The summed E-state index contributed by atoms with van der Waals surface area (Å²) in [6, 6.07) is 13.3. The Kier molecular flexibility index (Phi) is 11.0. The van der Waals surface area contributed by atoms with Crippen LogP contribution in [-0.2, 0) is 26.2 Å². The second kappa shape index (κ2) is 14.2. The minimum atomic E-state index is -3.86. The van der Waals surface area contributed by atoms with E-state index >= 15 is 0 Å². The minimum absolute atomic E-state index is 0.0869. The van der Waals surface area contributed by atoms with Crippen LogP contribution in [0.25, 0.3) is 0 Å². The topological polar surface area (TPSA) is 105 Å². The van der Waals surface area contributed by atoms with Crippen molar-refractivity contribution in [3.63, 3.8) is 0 Å². The van der Waals surface area contributed by atoms with Crippen molar-refractivity contribution in [2.45, 2.75) is 71.0 Å². The molecule has 0 spiro atoms. The molecule has 1 fully saturated rings. The van der Waals surface area contributed by atoms with Gasteiger partial charge in [-0.2, -0.15) is 0 Å². The third-order valence-electron chi connectivity index (χ3n) is 6.96. The van der Waals surface area contributed by atoms with E-state index in [1.165, 1.54) is 4.90 Å². The molecule has 0 bridgehead atoms. The lowest BCUT2D eigenvalue weighted by atomic mass is 9.95. The number of methoxy groups -OCH3 is 1. The van der Waals surface area contributed by atoms with E-state index in [2.05, 4.69) is 5.32 Å². The molecule has 1 N–H and O–H groups in total. The summed E-state index contributed by atoms with van der Waals surface area (Å²) in [5.74, 6) is 0.344. The highest BCUT2D eigenvalue weighted by atomic mass is 32.2. The van der Waals surface area contributed by atoms with Crippen LogP contribution in [0.3, 0.4) is 0 Å². The number of nitrogens with one attached hydrogen (secondary N) is 1. The molecule has 1 atom stereocenters. The van der Waals surface area contributed by atoms with Crippen LogP contribution in [0, 0.1) is 0 Å². The summed E-state index contributed by atoms with van der Waals surface area (Å²) in [6.07, 6.45) is 6.59.